The van der Waals surface area contributed by atoms with Crippen molar-refractivity contribution in [1.82, 2.24) is 9.80 Å². The van der Waals surface area contributed by atoms with Crippen LogP contribution in [0, 0.1) is 0 Å². The maximum atomic E-state index is 12.9. The Morgan fingerprint density at radius 2 is 1.53 bits per heavy atom. The molecule has 196 valence electrons. The van der Waals surface area contributed by atoms with Crippen LogP contribution in [0.1, 0.15) is 68.4 Å². The molecule has 0 radical (unpaired) electrons. The second-order valence-corrected chi connectivity index (χ2v) is 8.75. The summed E-state index contributed by atoms with van der Waals surface area (Å²) in [5, 5.41) is 20.4. The highest BCUT2D eigenvalue weighted by atomic mass is 35.5. The normalized spacial score (nSPS) is 15.4. The summed E-state index contributed by atoms with van der Waals surface area (Å²) in [6, 6.07) is 6.62. The molecule has 0 bridgehead atoms. The van der Waals surface area contributed by atoms with E-state index >= 15 is 0 Å². The molecule has 1 aliphatic heterocycles. The summed E-state index contributed by atoms with van der Waals surface area (Å²) in [6.07, 6.45) is 2.69. The number of piperazine rings is 1. The van der Waals surface area contributed by atoms with Gasteiger partial charge in [0, 0.05) is 37.3 Å². The van der Waals surface area contributed by atoms with Gasteiger partial charge in [-0.25, -0.2) is 4.79 Å². The quantitative estimate of drug-likeness (QED) is 0.330. The maximum absolute atomic E-state index is 12.9. The van der Waals surface area contributed by atoms with E-state index in [0.717, 1.165) is 64.6 Å². The molecule has 10 heteroatoms. The van der Waals surface area contributed by atoms with Gasteiger partial charge in [-0.1, -0.05) is 19.1 Å². The number of likely N-dealkylation sites (N-methyl/N-ethyl adjacent to an activating group) is 1. The lowest BCUT2D eigenvalue weighted by Crippen LogP contribution is -2.46. The van der Waals surface area contributed by atoms with Gasteiger partial charge in [-0.3, -0.25) is 9.59 Å². The largest absolute Gasteiger partial charge is 0.507 e. The number of carbonyl (C=O) groups excluding carboxylic acids is 3. The second kappa shape index (κ2) is 13.1. The first-order chi connectivity index (χ1) is 16.4. The second-order valence-electron chi connectivity index (χ2n) is 8.75. The Bertz CT molecular complexity index is 1120. The van der Waals surface area contributed by atoms with Crippen LogP contribution < -0.4 is 0 Å². The number of phenols is 2. The van der Waals surface area contributed by atoms with Gasteiger partial charge in [-0.2, -0.15) is 0 Å². The molecule has 0 aromatic heterocycles. The molecule has 0 unspecified atom stereocenters. The van der Waals surface area contributed by atoms with Crippen LogP contribution in [0.15, 0.2) is 30.3 Å². The average molecular weight is 539 g/mol. The SMILES string of the molecule is CCN1CCN(CCCCCOC(=O)c2cc(O)c3c(c2)C(=O)c2cccc(O)c2C3=O)CC1.Cl.Cl. The van der Waals surface area contributed by atoms with Crippen molar-refractivity contribution in [3.8, 4) is 11.5 Å². The zero-order valence-corrected chi connectivity index (χ0v) is 21.8. The number of ether oxygens (including phenoxy) is 1. The summed E-state index contributed by atoms with van der Waals surface area (Å²) in [5.41, 5.74) is -0.375. The van der Waals surface area contributed by atoms with E-state index in [1.807, 2.05) is 0 Å². The number of fused-ring (bicyclic) bond motifs is 2. The van der Waals surface area contributed by atoms with Gasteiger partial charge in [0.2, 0.25) is 5.78 Å². The van der Waals surface area contributed by atoms with Crippen LogP contribution in [0.3, 0.4) is 0 Å². The van der Waals surface area contributed by atoms with Gasteiger partial charge in [0.05, 0.1) is 23.3 Å². The highest BCUT2D eigenvalue weighted by Crippen LogP contribution is 2.37. The monoisotopic (exact) mass is 538 g/mol. The van der Waals surface area contributed by atoms with Crippen molar-refractivity contribution in [2.45, 2.75) is 26.2 Å². The van der Waals surface area contributed by atoms with E-state index in [2.05, 4.69) is 16.7 Å². The van der Waals surface area contributed by atoms with Crippen LogP contribution in [0.25, 0.3) is 0 Å². The zero-order chi connectivity index (χ0) is 24.2. The van der Waals surface area contributed by atoms with Gasteiger partial charge in [-0.05, 0) is 50.6 Å². The smallest absolute Gasteiger partial charge is 0.338 e. The number of unbranched alkanes of at least 4 members (excludes halogenated alkanes) is 2. The first-order valence-electron chi connectivity index (χ1n) is 11.8. The molecule has 8 nitrogen and oxygen atoms in total. The maximum Gasteiger partial charge on any atom is 0.338 e. The summed E-state index contributed by atoms with van der Waals surface area (Å²) in [4.78, 5) is 43.1. The van der Waals surface area contributed by atoms with E-state index in [-0.39, 0.29) is 65.0 Å². The third-order valence-electron chi connectivity index (χ3n) is 6.60. The van der Waals surface area contributed by atoms with Gasteiger partial charge < -0.3 is 24.7 Å². The summed E-state index contributed by atoms with van der Waals surface area (Å²) >= 11 is 0. The fraction of sp³-hybridized carbons (Fsp3) is 0.423. The Labute approximate surface area is 223 Å². The molecule has 1 saturated heterocycles. The van der Waals surface area contributed by atoms with E-state index < -0.39 is 23.3 Å². The Balaban J connectivity index is 0.00000228. The number of rotatable bonds is 8. The van der Waals surface area contributed by atoms with Gasteiger partial charge in [0.25, 0.3) is 0 Å². The number of aromatic hydroxyl groups is 2. The number of esters is 1. The highest BCUT2D eigenvalue weighted by Gasteiger charge is 2.35. The molecule has 1 aliphatic carbocycles. The summed E-state index contributed by atoms with van der Waals surface area (Å²) in [5.74, 6) is -2.66. The van der Waals surface area contributed by atoms with Crippen molar-refractivity contribution >= 4 is 42.3 Å². The fourth-order valence-electron chi connectivity index (χ4n) is 4.59. The molecule has 0 spiro atoms. The molecule has 0 atom stereocenters. The first-order valence-corrected chi connectivity index (χ1v) is 11.8. The van der Waals surface area contributed by atoms with Crippen LogP contribution in [0.5, 0.6) is 11.5 Å². The van der Waals surface area contributed by atoms with E-state index in [0.29, 0.717) is 0 Å². The predicted molar refractivity (Wildman–Crippen MR) is 140 cm³/mol. The van der Waals surface area contributed by atoms with Crippen LogP contribution in [0.4, 0.5) is 0 Å². The van der Waals surface area contributed by atoms with Gasteiger partial charge >= 0.3 is 5.97 Å². The van der Waals surface area contributed by atoms with Gasteiger partial charge in [0.15, 0.2) is 5.78 Å². The molecule has 4 rings (SSSR count). The van der Waals surface area contributed by atoms with Gasteiger partial charge in [-0.15, -0.1) is 24.8 Å². The van der Waals surface area contributed by atoms with Crippen molar-refractivity contribution < 1.29 is 29.3 Å². The average Bonchev–Trinajstić information content (AvgIpc) is 2.84. The minimum absolute atomic E-state index is 0. The van der Waals surface area contributed by atoms with E-state index in [1.54, 1.807) is 0 Å². The fourth-order valence-corrected chi connectivity index (χ4v) is 4.59. The van der Waals surface area contributed by atoms with E-state index in [9.17, 15) is 24.6 Å². The molecule has 36 heavy (non-hydrogen) atoms. The molecule has 2 aromatic carbocycles. The molecular weight excluding hydrogens is 507 g/mol. The lowest BCUT2D eigenvalue weighted by Gasteiger charge is -2.33. The van der Waals surface area contributed by atoms with E-state index in [4.69, 9.17) is 4.74 Å². The number of hydrogen-bond donors (Lipinski definition) is 2. The molecule has 0 saturated carbocycles. The Kier molecular flexibility index (Phi) is 10.7. The topological polar surface area (TPSA) is 107 Å². The number of benzene rings is 2. The summed E-state index contributed by atoms with van der Waals surface area (Å²) in [6.45, 7) is 8.98. The third kappa shape index (κ3) is 6.18. The van der Waals surface area contributed by atoms with Crippen LogP contribution in [0.2, 0.25) is 0 Å². The summed E-state index contributed by atoms with van der Waals surface area (Å²) in [7, 11) is 0. The Morgan fingerprint density at radius 1 is 0.861 bits per heavy atom. The minimum Gasteiger partial charge on any atom is -0.507 e. The number of phenolic OH excluding ortho intramolecular Hbond substituents is 2. The lowest BCUT2D eigenvalue weighted by atomic mass is 9.82. The molecule has 2 aliphatic rings. The van der Waals surface area contributed by atoms with Crippen LogP contribution in [-0.4, -0.2) is 83.4 Å². The van der Waals surface area contributed by atoms with Crippen LogP contribution >= 0.6 is 24.8 Å². The number of halogens is 2. The molecule has 1 fully saturated rings. The van der Waals surface area contributed by atoms with Crippen molar-refractivity contribution in [3.63, 3.8) is 0 Å². The Morgan fingerprint density at radius 3 is 2.22 bits per heavy atom. The van der Waals surface area contributed by atoms with Crippen LogP contribution in [-0.2, 0) is 4.74 Å². The molecular formula is C26H32Cl2N2O6. The van der Waals surface area contributed by atoms with Crippen molar-refractivity contribution in [2.24, 2.45) is 0 Å². The van der Waals surface area contributed by atoms with Crippen molar-refractivity contribution in [3.05, 3.63) is 58.1 Å². The van der Waals surface area contributed by atoms with Crippen molar-refractivity contribution in [2.75, 3.05) is 45.9 Å². The number of hydrogen-bond acceptors (Lipinski definition) is 8. The molecule has 2 aromatic rings. The number of carbonyl (C=O) groups is 3. The van der Waals surface area contributed by atoms with Gasteiger partial charge in [0.1, 0.15) is 11.5 Å². The number of ketones is 2. The number of nitrogens with zero attached hydrogens (tertiary/aromatic N) is 2. The highest BCUT2D eigenvalue weighted by molar-refractivity contribution is 6.30. The standard InChI is InChI=1S/C26H30N2O6.2ClH/c1-2-27-10-12-28(13-11-27)9-4-3-5-14-34-26(33)17-15-19-23(21(30)16-17)25(32)22-18(24(19)31)7-6-8-20(22)29;;/h6-8,15-16,29-30H,2-5,9-14H2,1H3;2*1H. The molecule has 0 amide bonds. The van der Waals surface area contributed by atoms with Crippen molar-refractivity contribution in [1.29, 1.82) is 0 Å². The first kappa shape index (κ1) is 29.6. The predicted octanol–water partition coefficient (Wildman–Crippen LogP) is 3.68. The molecule has 2 N–H and O–H groups in total. The summed E-state index contributed by atoms with van der Waals surface area (Å²) < 4.78 is 5.34. The Hall–Kier alpha value is -2.65. The zero-order valence-electron chi connectivity index (χ0n) is 20.2. The minimum atomic E-state index is -0.657. The third-order valence-corrected chi connectivity index (χ3v) is 6.60. The molecule has 1 heterocycles. The lowest BCUT2D eigenvalue weighted by molar-refractivity contribution is 0.0495. The van der Waals surface area contributed by atoms with E-state index in [1.165, 1.54) is 24.3 Å².